The number of piperidine rings is 1. The van der Waals surface area contributed by atoms with Gasteiger partial charge in [-0.25, -0.2) is 0 Å². The van der Waals surface area contributed by atoms with Crippen molar-refractivity contribution in [3.8, 4) is 0 Å². The van der Waals surface area contributed by atoms with Crippen LogP contribution in [0.3, 0.4) is 0 Å². The Kier molecular flexibility index (Phi) is 7.25. The Morgan fingerprint density at radius 3 is 2.55 bits per heavy atom. The molecule has 3 aromatic rings. The maximum atomic E-state index is 12.9. The third kappa shape index (κ3) is 5.71. The van der Waals surface area contributed by atoms with Crippen LogP contribution in [-0.4, -0.2) is 36.9 Å². The standard InChI is InChI=1S/C27H31N3O3/c1-20-7-5-15-30(18-20)19-22-13-11-21(12-14-22)17-28-26(31)23-8-3-4-9-24(23)29(2)27(32)25-10-6-16-33-25/h3-4,6,8-14,16,20H,5,7,15,17-19H2,1-2H3,(H,28,31). The van der Waals surface area contributed by atoms with Gasteiger partial charge in [0.1, 0.15) is 0 Å². The quantitative estimate of drug-likeness (QED) is 0.572. The topological polar surface area (TPSA) is 65.8 Å². The average Bonchev–Trinajstić information content (AvgIpc) is 3.37. The van der Waals surface area contributed by atoms with Crippen molar-refractivity contribution in [3.05, 3.63) is 89.4 Å². The van der Waals surface area contributed by atoms with Crippen molar-refractivity contribution in [1.29, 1.82) is 0 Å². The first-order valence-electron chi connectivity index (χ1n) is 11.5. The highest BCUT2D eigenvalue weighted by atomic mass is 16.3. The van der Waals surface area contributed by atoms with E-state index in [9.17, 15) is 9.59 Å². The minimum absolute atomic E-state index is 0.226. The van der Waals surface area contributed by atoms with Crippen LogP contribution in [0.5, 0.6) is 0 Å². The maximum absolute atomic E-state index is 12.9. The van der Waals surface area contributed by atoms with Crippen LogP contribution in [-0.2, 0) is 13.1 Å². The number of amides is 2. The summed E-state index contributed by atoms with van der Waals surface area (Å²) < 4.78 is 5.21. The van der Waals surface area contributed by atoms with Gasteiger partial charge in [-0.1, -0.05) is 43.3 Å². The number of para-hydroxylation sites is 1. The van der Waals surface area contributed by atoms with Crippen molar-refractivity contribution in [2.75, 3.05) is 25.0 Å². The number of carbonyl (C=O) groups excluding carboxylic acids is 2. The highest BCUT2D eigenvalue weighted by Gasteiger charge is 2.21. The lowest BCUT2D eigenvalue weighted by Gasteiger charge is -2.30. The summed E-state index contributed by atoms with van der Waals surface area (Å²) in [5, 5.41) is 2.98. The molecule has 1 aromatic heterocycles. The Labute approximate surface area is 195 Å². The molecule has 0 bridgehead atoms. The summed E-state index contributed by atoms with van der Waals surface area (Å²) in [6.07, 6.45) is 4.05. The third-order valence-corrected chi connectivity index (χ3v) is 6.17. The van der Waals surface area contributed by atoms with Crippen LogP contribution < -0.4 is 10.2 Å². The third-order valence-electron chi connectivity index (χ3n) is 6.17. The van der Waals surface area contributed by atoms with E-state index in [0.29, 0.717) is 17.8 Å². The van der Waals surface area contributed by atoms with Gasteiger partial charge in [0.2, 0.25) is 0 Å². The lowest BCUT2D eigenvalue weighted by Crippen LogP contribution is -2.33. The molecule has 1 unspecified atom stereocenters. The lowest BCUT2D eigenvalue weighted by atomic mass is 9.99. The molecule has 172 valence electrons. The Bertz CT molecular complexity index is 1080. The molecule has 4 rings (SSSR count). The molecule has 1 aliphatic heterocycles. The largest absolute Gasteiger partial charge is 0.459 e. The number of furan rings is 1. The summed E-state index contributed by atoms with van der Waals surface area (Å²) in [5.41, 5.74) is 3.30. The maximum Gasteiger partial charge on any atom is 0.293 e. The van der Waals surface area contributed by atoms with Gasteiger partial charge in [0.25, 0.3) is 11.8 Å². The van der Waals surface area contributed by atoms with E-state index in [1.807, 2.05) is 0 Å². The Morgan fingerprint density at radius 1 is 1.06 bits per heavy atom. The second kappa shape index (κ2) is 10.5. The molecule has 1 aliphatic rings. The summed E-state index contributed by atoms with van der Waals surface area (Å²) in [5.74, 6) is 0.464. The number of hydrogen-bond donors (Lipinski definition) is 1. The van der Waals surface area contributed by atoms with Gasteiger partial charge in [-0.05, 0) is 60.7 Å². The van der Waals surface area contributed by atoms with Gasteiger partial charge in [0.15, 0.2) is 5.76 Å². The van der Waals surface area contributed by atoms with E-state index in [1.165, 1.54) is 36.1 Å². The number of carbonyl (C=O) groups is 2. The minimum atomic E-state index is -0.307. The number of likely N-dealkylation sites (tertiary alicyclic amines) is 1. The van der Waals surface area contributed by atoms with Crippen molar-refractivity contribution in [2.45, 2.75) is 32.9 Å². The monoisotopic (exact) mass is 445 g/mol. The Hall–Kier alpha value is -3.38. The van der Waals surface area contributed by atoms with Crippen molar-refractivity contribution in [2.24, 2.45) is 5.92 Å². The van der Waals surface area contributed by atoms with Gasteiger partial charge in [-0.15, -0.1) is 0 Å². The molecule has 6 heteroatoms. The van der Waals surface area contributed by atoms with E-state index >= 15 is 0 Å². The van der Waals surface area contributed by atoms with Crippen molar-refractivity contribution < 1.29 is 14.0 Å². The minimum Gasteiger partial charge on any atom is -0.459 e. The van der Waals surface area contributed by atoms with Crippen molar-refractivity contribution in [1.82, 2.24) is 10.2 Å². The molecular weight excluding hydrogens is 414 g/mol. The highest BCUT2D eigenvalue weighted by Crippen LogP contribution is 2.22. The number of benzene rings is 2. The fourth-order valence-electron chi connectivity index (χ4n) is 4.36. The van der Waals surface area contributed by atoms with Crippen LogP contribution >= 0.6 is 0 Å². The Balaban J connectivity index is 1.37. The number of anilines is 1. The van der Waals surface area contributed by atoms with E-state index in [0.717, 1.165) is 24.6 Å². The zero-order valence-electron chi connectivity index (χ0n) is 19.3. The van der Waals surface area contributed by atoms with Gasteiger partial charge < -0.3 is 14.6 Å². The molecule has 1 saturated heterocycles. The van der Waals surface area contributed by atoms with E-state index in [-0.39, 0.29) is 17.6 Å². The highest BCUT2D eigenvalue weighted by molar-refractivity contribution is 6.09. The summed E-state index contributed by atoms with van der Waals surface area (Å²) in [7, 11) is 1.64. The number of nitrogens with one attached hydrogen (secondary N) is 1. The Morgan fingerprint density at radius 2 is 1.82 bits per heavy atom. The van der Waals surface area contributed by atoms with Crippen LogP contribution in [0.4, 0.5) is 5.69 Å². The molecule has 2 heterocycles. The van der Waals surface area contributed by atoms with Gasteiger partial charge in [0, 0.05) is 26.7 Å². The zero-order valence-corrected chi connectivity index (χ0v) is 19.3. The summed E-state index contributed by atoms with van der Waals surface area (Å²) in [6, 6.07) is 18.8. The predicted octanol–water partition coefficient (Wildman–Crippen LogP) is 4.72. The van der Waals surface area contributed by atoms with Gasteiger partial charge in [-0.2, -0.15) is 0 Å². The summed E-state index contributed by atoms with van der Waals surface area (Å²) >= 11 is 0. The second-order valence-corrected chi connectivity index (χ2v) is 8.84. The number of nitrogens with zero attached hydrogens (tertiary/aromatic N) is 2. The molecule has 1 N–H and O–H groups in total. The molecule has 0 radical (unpaired) electrons. The molecular formula is C27H31N3O3. The summed E-state index contributed by atoms with van der Waals surface area (Å²) in [6.45, 7) is 6.04. The smallest absolute Gasteiger partial charge is 0.293 e. The first kappa shape index (κ1) is 22.8. The van der Waals surface area contributed by atoms with E-state index in [2.05, 4.69) is 41.4 Å². The fourth-order valence-corrected chi connectivity index (χ4v) is 4.36. The summed E-state index contributed by atoms with van der Waals surface area (Å²) in [4.78, 5) is 29.5. The lowest BCUT2D eigenvalue weighted by molar-refractivity contribution is 0.0951. The molecule has 0 saturated carbocycles. The zero-order chi connectivity index (χ0) is 23.2. The van der Waals surface area contributed by atoms with E-state index in [1.54, 1.807) is 43.4 Å². The van der Waals surface area contributed by atoms with Crippen LogP contribution in [0.2, 0.25) is 0 Å². The van der Waals surface area contributed by atoms with Crippen molar-refractivity contribution >= 4 is 17.5 Å². The molecule has 2 aromatic carbocycles. The van der Waals surface area contributed by atoms with E-state index < -0.39 is 0 Å². The van der Waals surface area contributed by atoms with E-state index in [4.69, 9.17) is 4.42 Å². The first-order valence-corrected chi connectivity index (χ1v) is 11.5. The van der Waals surface area contributed by atoms with Crippen LogP contribution in [0.25, 0.3) is 0 Å². The molecule has 33 heavy (non-hydrogen) atoms. The normalized spacial score (nSPS) is 16.4. The molecule has 1 atom stereocenters. The molecule has 6 nitrogen and oxygen atoms in total. The number of rotatable bonds is 7. The predicted molar refractivity (Wildman–Crippen MR) is 129 cm³/mol. The molecule has 0 aliphatic carbocycles. The SMILES string of the molecule is CC1CCCN(Cc2ccc(CNC(=O)c3ccccc3N(C)C(=O)c3ccco3)cc2)C1. The van der Waals surface area contributed by atoms with Crippen LogP contribution in [0.1, 0.15) is 51.8 Å². The second-order valence-electron chi connectivity index (χ2n) is 8.84. The van der Waals surface area contributed by atoms with Gasteiger partial charge in [-0.3, -0.25) is 14.5 Å². The first-order chi connectivity index (χ1) is 16.0. The number of hydrogen-bond acceptors (Lipinski definition) is 4. The van der Waals surface area contributed by atoms with Crippen LogP contribution in [0, 0.1) is 5.92 Å². The van der Waals surface area contributed by atoms with Crippen molar-refractivity contribution in [3.63, 3.8) is 0 Å². The van der Waals surface area contributed by atoms with Gasteiger partial charge in [0.05, 0.1) is 17.5 Å². The molecule has 0 spiro atoms. The molecule has 1 fully saturated rings. The average molecular weight is 446 g/mol. The molecule has 2 amide bonds. The van der Waals surface area contributed by atoms with Gasteiger partial charge >= 0.3 is 0 Å². The fraction of sp³-hybridized carbons (Fsp3) is 0.333. The van der Waals surface area contributed by atoms with Crippen LogP contribution in [0.15, 0.2) is 71.3 Å².